The van der Waals surface area contributed by atoms with Crippen LogP contribution in [0.25, 0.3) is 0 Å². The van der Waals surface area contributed by atoms with Gasteiger partial charge in [0.05, 0.1) is 11.8 Å². The largest absolute Gasteiger partial charge is 0.481 e. The number of carboxylic acids is 1. The molecule has 2 aliphatic rings. The maximum absolute atomic E-state index is 11.9. The predicted molar refractivity (Wildman–Crippen MR) is 62.1 cm³/mol. The molecule has 2 aliphatic carbocycles. The van der Waals surface area contributed by atoms with Crippen molar-refractivity contribution in [2.75, 3.05) is 0 Å². The molecule has 17 heavy (non-hydrogen) atoms. The molecule has 4 atom stereocenters. The fourth-order valence-corrected chi connectivity index (χ4v) is 2.57. The molecule has 0 aromatic heterocycles. The predicted octanol–water partition coefficient (Wildman–Crippen LogP) is 0.259. The lowest BCUT2D eigenvalue weighted by Crippen LogP contribution is -2.37. The normalized spacial score (nSPS) is 36.1. The summed E-state index contributed by atoms with van der Waals surface area (Å²) in [5.74, 6) is -1.23. The van der Waals surface area contributed by atoms with E-state index in [1.165, 1.54) is 0 Å². The van der Waals surface area contributed by atoms with E-state index in [1.54, 1.807) is 0 Å². The maximum atomic E-state index is 11.9. The third-order valence-electron chi connectivity index (χ3n) is 3.58. The third-order valence-corrected chi connectivity index (χ3v) is 3.58. The molecule has 0 aliphatic heterocycles. The van der Waals surface area contributed by atoms with E-state index in [4.69, 9.17) is 10.8 Å². The number of nitrogens with two attached hydrogens (primary N) is 1. The number of carbonyl (C=O) groups is 2. The van der Waals surface area contributed by atoms with E-state index >= 15 is 0 Å². The summed E-state index contributed by atoms with van der Waals surface area (Å²) in [5.41, 5.74) is 5.69. The minimum atomic E-state index is -0.760. The monoisotopic (exact) mass is 238 g/mol. The van der Waals surface area contributed by atoms with E-state index in [2.05, 4.69) is 5.32 Å². The Hall–Kier alpha value is -1.36. The number of hydrogen-bond acceptors (Lipinski definition) is 3. The zero-order chi connectivity index (χ0) is 12.4. The first kappa shape index (κ1) is 12.1. The van der Waals surface area contributed by atoms with Crippen LogP contribution in [0.5, 0.6) is 0 Å². The minimum Gasteiger partial charge on any atom is -0.481 e. The van der Waals surface area contributed by atoms with E-state index in [0.717, 1.165) is 6.42 Å². The van der Waals surface area contributed by atoms with Gasteiger partial charge in [-0.2, -0.15) is 0 Å². The molecule has 0 aromatic carbocycles. The van der Waals surface area contributed by atoms with Crippen LogP contribution in [0.1, 0.15) is 25.7 Å². The van der Waals surface area contributed by atoms with E-state index in [9.17, 15) is 9.59 Å². The van der Waals surface area contributed by atoms with Crippen LogP contribution in [0.15, 0.2) is 12.2 Å². The third kappa shape index (κ3) is 2.85. The van der Waals surface area contributed by atoms with Crippen molar-refractivity contribution in [1.82, 2.24) is 5.32 Å². The summed E-state index contributed by atoms with van der Waals surface area (Å²) in [6.07, 6.45) is 6.29. The van der Waals surface area contributed by atoms with Crippen molar-refractivity contribution < 1.29 is 14.7 Å². The highest BCUT2D eigenvalue weighted by atomic mass is 16.4. The lowest BCUT2D eigenvalue weighted by molar-refractivity contribution is -0.141. The van der Waals surface area contributed by atoms with Gasteiger partial charge in [0, 0.05) is 12.1 Å². The molecule has 5 heteroatoms. The maximum Gasteiger partial charge on any atom is 0.306 e. The van der Waals surface area contributed by atoms with Crippen molar-refractivity contribution in [3.8, 4) is 0 Å². The minimum absolute atomic E-state index is 0.00817. The standard InChI is InChI=1S/C12H18N2O3/c13-9-3-1-7(5-9)11(15)14-10-4-2-8(6-10)12(16)17/h1,3,7-10H,2,4-6,13H2,(H,14,15)(H,16,17). The second-order valence-electron chi connectivity index (χ2n) is 4.94. The number of carbonyl (C=O) groups excluding carboxylic acids is 1. The van der Waals surface area contributed by atoms with Crippen LogP contribution in [0.3, 0.4) is 0 Å². The first-order chi connectivity index (χ1) is 8.06. The van der Waals surface area contributed by atoms with Crippen molar-refractivity contribution in [3.05, 3.63) is 12.2 Å². The second kappa shape index (κ2) is 4.87. The van der Waals surface area contributed by atoms with E-state index in [-0.39, 0.29) is 29.8 Å². The molecule has 0 saturated heterocycles. The smallest absolute Gasteiger partial charge is 0.306 e. The number of rotatable bonds is 3. The molecule has 5 nitrogen and oxygen atoms in total. The highest BCUT2D eigenvalue weighted by Gasteiger charge is 2.32. The van der Waals surface area contributed by atoms with Crippen LogP contribution in [0.2, 0.25) is 0 Å². The Kier molecular flexibility index (Phi) is 3.47. The topological polar surface area (TPSA) is 92.4 Å². The number of amides is 1. The van der Waals surface area contributed by atoms with Crippen LogP contribution in [0.4, 0.5) is 0 Å². The van der Waals surface area contributed by atoms with Crippen LogP contribution in [0, 0.1) is 11.8 Å². The van der Waals surface area contributed by atoms with Gasteiger partial charge in [0.1, 0.15) is 0 Å². The molecule has 94 valence electrons. The average molecular weight is 238 g/mol. The Balaban J connectivity index is 1.80. The molecule has 0 radical (unpaired) electrons. The van der Waals surface area contributed by atoms with Crippen molar-refractivity contribution in [2.45, 2.75) is 37.8 Å². The fourth-order valence-electron chi connectivity index (χ4n) is 2.57. The molecular weight excluding hydrogens is 220 g/mol. The zero-order valence-electron chi connectivity index (χ0n) is 9.63. The number of aliphatic carboxylic acids is 1. The molecule has 1 amide bonds. The molecule has 0 bridgehead atoms. The zero-order valence-corrected chi connectivity index (χ0v) is 9.63. The van der Waals surface area contributed by atoms with Gasteiger partial charge < -0.3 is 16.2 Å². The highest BCUT2D eigenvalue weighted by Crippen LogP contribution is 2.26. The summed E-state index contributed by atoms with van der Waals surface area (Å²) in [7, 11) is 0. The summed E-state index contributed by atoms with van der Waals surface area (Å²) in [6.45, 7) is 0. The molecule has 0 spiro atoms. The first-order valence-electron chi connectivity index (χ1n) is 6.03. The van der Waals surface area contributed by atoms with Crippen LogP contribution < -0.4 is 11.1 Å². The van der Waals surface area contributed by atoms with Gasteiger partial charge in [0.2, 0.25) is 5.91 Å². The summed E-state index contributed by atoms with van der Waals surface area (Å²) in [4.78, 5) is 22.6. The van der Waals surface area contributed by atoms with Gasteiger partial charge in [0.25, 0.3) is 0 Å². The molecule has 0 aromatic rings. The lowest BCUT2D eigenvalue weighted by atomic mass is 10.1. The van der Waals surface area contributed by atoms with Crippen LogP contribution in [-0.2, 0) is 9.59 Å². The lowest BCUT2D eigenvalue weighted by Gasteiger charge is -2.15. The molecule has 4 N–H and O–H groups in total. The summed E-state index contributed by atoms with van der Waals surface area (Å²) < 4.78 is 0. The number of hydrogen-bond donors (Lipinski definition) is 3. The Labute approximate surface area is 100 Å². The summed E-state index contributed by atoms with van der Waals surface area (Å²) in [5, 5.41) is 11.8. The van der Waals surface area contributed by atoms with Crippen LogP contribution in [-0.4, -0.2) is 29.1 Å². The first-order valence-corrected chi connectivity index (χ1v) is 6.03. The molecule has 0 heterocycles. The van der Waals surface area contributed by atoms with Gasteiger partial charge in [-0.15, -0.1) is 0 Å². The second-order valence-corrected chi connectivity index (χ2v) is 4.94. The fraction of sp³-hybridized carbons (Fsp3) is 0.667. The van der Waals surface area contributed by atoms with E-state index in [0.29, 0.717) is 19.3 Å². The van der Waals surface area contributed by atoms with Gasteiger partial charge in [-0.05, 0) is 25.7 Å². The molecule has 2 rings (SSSR count). The number of carboxylic acid groups (broad SMARTS) is 1. The quantitative estimate of drug-likeness (QED) is 0.615. The molecule has 4 unspecified atom stereocenters. The van der Waals surface area contributed by atoms with Gasteiger partial charge in [-0.25, -0.2) is 0 Å². The Morgan fingerprint density at radius 2 is 2.00 bits per heavy atom. The molecule has 1 saturated carbocycles. The summed E-state index contributed by atoms with van der Waals surface area (Å²) >= 11 is 0. The molecule has 1 fully saturated rings. The average Bonchev–Trinajstić information content (AvgIpc) is 2.86. The van der Waals surface area contributed by atoms with Crippen LogP contribution >= 0.6 is 0 Å². The van der Waals surface area contributed by atoms with Gasteiger partial charge in [0.15, 0.2) is 0 Å². The van der Waals surface area contributed by atoms with Crippen molar-refractivity contribution in [2.24, 2.45) is 17.6 Å². The van der Waals surface area contributed by atoms with Crippen molar-refractivity contribution >= 4 is 11.9 Å². The SMILES string of the molecule is NC1C=CC(C(=O)NC2CCC(C(=O)O)C2)C1. The molecular formula is C12H18N2O3. The Morgan fingerprint density at radius 3 is 2.53 bits per heavy atom. The summed E-state index contributed by atoms with van der Waals surface area (Å²) in [6, 6.07) is -0.0186. The number of nitrogens with one attached hydrogen (secondary N) is 1. The Morgan fingerprint density at radius 1 is 1.24 bits per heavy atom. The van der Waals surface area contributed by atoms with E-state index < -0.39 is 5.97 Å². The van der Waals surface area contributed by atoms with Gasteiger partial charge >= 0.3 is 5.97 Å². The Bertz CT molecular complexity index is 354. The van der Waals surface area contributed by atoms with Gasteiger partial charge in [-0.3, -0.25) is 9.59 Å². The highest BCUT2D eigenvalue weighted by molar-refractivity contribution is 5.81. The van der Waals surface area contributed by atoms with E-state index in [1.807, 2.05) is 12.2 Å². The van der Waals surface area contributed by atoms with Crippen molar-refractivity contribution in [1.29, 1.82) is 0 Å². The van der Waals surface area contributed by atoms with Gasteiger partial charge in [-0.1, -0.05) is 12.2 Å². The van der Waals surface area contributed by atoms with Crippen molar-refractivity contribution in [3.63, 3.8) is 0 Å².